The number of carbonyl (C=O) groups is 1. The van der Waals surface area contributed by atoms with Gasteiger partial charge in [-0.15, -0.1) is 0 Å². The van der Waals surface area contributed by atoms with Crippen molar-refractivity contribution < 1.29 is 9.18 Å². The summed E-state index contributed by atoms with van der Waals surface area (Å²) in [5.41, 5.74) is 0.527. The van der Waals surface area contributed by atoms with Crippen LogP contribution in [0.25, 0.3) is 0 Å². The van der Waals surface area contributed by atoms with Crippen molar-refractivity contribution in [3.05, 3.63) is 29.0 Å². The molecule has 1 aromatic rings. The summed E-state index contributed by atoms with van der Waals surface area (Å²) in [6, 6.07) is 4.01. The highest BCUT2D eigenvalue weighted by atomic mass is 35.5. The summed E-state index contributed by atoms with van der Waals surface area (Å²) in [4.78, 5) is 14.4. The average molecular weight is 299 g/mol. The van der Waals surface area contributed by atoms with Crippen molar-refractivity contribution in [3.63, 3.8) is 0 Å². The molecular weight excluding hydrogens is 279 g/mol. The van der Waals surface area contributed by atoms with Crippen molar-refractivity contribution in [2.24, 2.45) is 5.92 Å². The zero-order chi connectivity index (χ0) is 14.7. The molecule has 3 nitrogen and oxygen atoms in total. The lowest BCUT2D eigenvalue weighted by atomic mass is 9.98. The van der Waals surface area contributed by atoms with E-state index in [1.165, 1.54) is 18.2 Å². The summed E-state index contributed by atoms with van der Waals surface area (Å²) >= 11 is 5.70. The van der Waals surface area contributed by atoms with Crippen LogP contribution in [0, 0.1) is 11.7 Å². The minimum absolute atomic E-state index is 0.0160. The van der Waals surface area contributed by atoms with E-state index in [0.29, 0.717) is 5.69 Å². The van der Waals surface area contributed by atoms with E-state index in [2.05, 4.69) is 17.1 Å². The van der Waals surface area contributed by atoms with Crippen LogP contribution in [-0.2, 0) is 4.79 Å². The van der Waals surface area contributed by atoms with Crippen molar-refractivity contribution in [2.75, 3.05) is 18.4 Å². The molecule has 110 valence electrons. The Kier molecular flexibility index (Phi) is 5.00. The number of carbonyl (C=O) groups excluding carboxylic acids is 1. The molecule has 1 aliphatic heterocycles. The largest absolute Gasteiger partial charge is 0.325 e. The first kappa shape index (κ1) is 15.3. The third-order valence-electron chi connectivity index (χ3n) is 3.93. The first-order valence-electron chi connectivity index (χ1n) is 6.97. The summed E-state index contributed by atoms with van der Waals surface area (Å²) in [5, 5.41) is 2.80. The van der Waals surface area contributed by atoms with Crippen LogP contribution in [0.4, 0.5) is 10.1 Å². The number of likely N-dealkylation sites (tertiary alicyclic amines) is 1. The molecule has 1 heterocycles. The quantitative estimate of drug-likeness (QED) is 0.926. The molecule has 1 N–H and O–H groups in total. The molecule has 0 bridgehead atoms. The number of halogens is 2. The van der Waals surface area contributed by atoms with E-state index >= 15 is 0 Å². The predicted octanol–water partition coefficient (Wildman–Crippen LogP) is 3.54. The molecule has 1 fully saturated rings. The predicted molar refractivity (Wildman–Crippen MR) is 79.5 cm³/mol. The van der Waals surface area contributed by atoms with Gasteiger partial charge >= 0.3 is 0 Å². The maximum atomic E-state index is 13.1. The standard InChI is InChI=1S/C15H20ClFN2O/c1-10-5-7-19(8-6-10)11(2)15(20)18-12-3-4-14(17)13(16)9-12/h3-4,9-11H,5-8H2,1-2H3,(H,18,20)/t11-/m1/s1. The van der Waals surface area contributed by atoms with Gasteiger partial charge in [-0.3, -0.25) is 9.69 Å². The van der Waals surface area contributed by atoms with Gasteiger partial charge in [0, 0.05) is 5.69 Å². The van der Waals surface area contributed by atoms with E-state index < -0.39 is 5.82 Å². The van der Waals surface area contributed by atoms with Crippen molar-refractivity contribution in [1.29, 1.82) is 0 Å². The first-order chi connectivity index (χ1) is 9.47. The van der Waals surface area contributed by atoms with E-state index in [-0.39, 0.29) is 17.0 Å². The molecule has 1 saturated heterocycles. The fourth-order valence-corrected chi connectivity index (χ4v) is 2.58. The van der Waals surface area contributed by atoms with Crippen molar-refractivity contribution in [2.45, 2.75) is 32.7 Å². The molecule has 1 aromatic carbocycles. The molecule has 1 aliphatic rings. The number of hydrogen-bond acceptors (Lipinski definition) is 2. The topological polar surface area (TPSA) is 32.3 Å². The SMILES string of the molecule is CC1CCN([C@H](C)C(=O)Nc2ccc(F)c(Cl)c2)CC1. The highest BCUT2D eigenvalue weighted by molar-refractivity contribution is 6.31. The number of piperidine rings is 1. The second-order valence-corrected chi connectivity index (χ2v) is 5.92. The number of hydrogen-bond donors (Lipinski definition) is 1. The molecule has 5 heteroatoms. The number of anilines is 1. The molecule has 0 radical (unpaired) electrons. The van der Waals surface area contributed by atoms with Gasteiger partial charge in [-0.05, 0) is 57.0 Å². The summed E-state index contributed by atoms with van der Waals surface area (Å²) in [5.74, 6) is 0.169. The van der Waals surface area contributed by atoms with Crippen LogP contribution in [0.1, 0.15) is 26.7 Å². The average Bonchev–Trinajstić information content (AvgIpc) is 2.43. The van der Waals surface area contributed by atoms with E-state index in [1.807, 2.05) is 6.92 Å². The van der Waals surface area contributed by atoms with Crippen molar-refractivity contribution in [1.82, 2.24) is 4.90 Å². The summed E-state index contributed by atoms with van der Waals surface area (Å²) < 4.78 is 13.1. The second kappa shape index (κ2) is 6.55. The number of amides is 1. The maximum Gasteiger partial charge on any atom is 0.241 e. The van der Waals surface area contributed by atoms with Gasteiger partial charge < -0.3 is 5.32 Å². The van der Waals surface area contributed by atoms with Gasteiger partial charge in [0.1, 0.15) is 5.82 Å². The van der Waals surface area contributed by atoms with Crippen LogP contribution in [0.5, 0.6) is 0 Å². The van der Waals surface area contributed by atoms with Crippen molar-refractivity contribution >= 4 is 23.2 Å². The monoisotopic (exact) mass is 298 g/mol. The van der Waals surface area contributed by atoms with Crippen LogP contribution in [0.3, 0.4) is 0 Å². The summed E-state index contributed by atoms with van der Waals surface area (Å²) in [6.07, 6.45) is 2.25. The number of nitrogens with zero attached hydrogens (tertiary/aromatic N) is 1. The molecule has 0 saturated carbocycles. The molecule has 1 amide bonds. The molecule has 2 rings (SSSR count). The van der Waals surface area contributed by atoms with Crippen LogP contribution in [-0.4, -0.2) is 29.9 Å². The van der Waals surface area contributed by atoms with Gasteiger partial charge in [0.05, 0.1) is 11.1 Å². The van der Waals surface area contributed by atoms with Gasteiger partial charge in [-0.1, -0.05) is 18.5 Å². The zero-order valence-electron chi connectivity index (χ0n) is 11.8. The molecule has 0 spiro atoms. The van der Waals surface area contributed by atoms with Crippen LogP contribution in [0.15, 0.2) is 18.2 Å². The first-order valence-corrected chi connectivity index (χ1v) is 7.35. The lowest BCUT2D eigenvalue weighted by Crippen LogP contribution is -2.45. The zero-order valence-corrected chi connectivity index (χ0v) is 12.6. The Hall–Kier alpha value is -1.13. The highest BCUT2D eigenvalue weighted by Gasteiger charge is 2.25. The van der Waals surface area contributed by atoms with Gasteiger partial charge in [-0.2, -0.15) is 0 Å². The van der Waals surface area contributed by atoms with E-state index in [4.69, 9.17) is 11.6 Å². The summed E-state index contributed by atoms with van der Waals surface area (Å²) in [6.45, 7) is 6.03. The lowest BCUT2D eigenvalue weighted by Gasteiger charge is -2.34. The fourth-order valence-electron chi connectivity index (χ4n) is 2.40. The van der Waals surface area contributed by atoms with Crippen molar-refractivity contribution in [3.8, 4) is 0 Å². The Bertz CT molecular complexity index is 487. The maximum absolute atomic E-state index is 13.1. The Morgan fingerprint density at radius 3 is 2.70 bits per heavy atom. The van der Waals surface area contributed by atoms with E-state index in [0.717, 1.165) is 31.8 Å². The van der Waals surface area contributed by atoms with Crippen LogP contribution >= 0.6 is 11.6 Å². The fraction of sp³-hybridized carbons (Fsp3) is 0.533. The number of benzene rings is 1. The molecule has 0 unspecified atom stereocenters. The summed E-state index contributed by atoms with van der Waals surface area (Å²) in [7, 11) is 0. The van der Waals surface area contributed by atoms with Gasteiger partial charge in [0.25, 0.3) is 0 Å². The molecule has 0 aliphatic carbocycles. The molecule has 20 heavy (non-hydrogen) atoms. The molecule has 1 atom stereocenters. The third kappa shape index (κ3) is 3.70. The Morgan fingerprint density at radius 1 is 1.45 bits per heavy atom. The number of nitrogens with one attached hydrogen (secondary N) is 1. The van der Waals surface area contributed by atoms with Gasteiger partial charge in [0.2, 0.25) is 5.91 Å². The van der Waals surface area contributed by atoms with Gasteiger partial charge in [-0.25, -0.2) is 4.39 Å². The van der Waals surface area contributed by atoms with E-state index in [1.54, 1.807) is 0 Å². The lowest BCUT2D eigenvalue weighted by molar-refractivity contribution is -0.121. The Balaban J connectivity index is 1.95. The Labute approximate surface area is 124 Å². The second-order valence-electron chi connectivity index (χ2n) is 5.51. The minimum Gasteiger partial charge on any atom is -0.325 e. The smallest absolute Gasteiger partial charge is 0.241 e. The third-order valence-corrected chi connectivity index (χ3v) is 4.22. The molecular formula is C15H20ClFN2O. The van der Waals surface area contributed by atoms with Crippen LogP contribution in [0.2, 0.25) is 5.02 Å². The Morgan fingerprint density at radius 2 is 2.10 bits per heavy atom. The van der Waals surface area contributed by atoms with Gasteiger partial charge in [0.15, 0.2) is 0 Å². The number of rotatable bonds is 3. The van der Waals surface area contributed by atoms with E-state index in [9.17, 15) is 9.18 Å². The highest BCUT2D eigenvalue weighted by Crippen LogP contribution is 2.21. The minimum atomic E-state index is -0.484. The van der Waals surface area contributed by atoms with Crippen LogP contribution < -0.4 is 5.32 Å². The molecule has 0 aromatic heterocycles. The normalized spacial score (nSPS) is 18.8.